The molecule has 0 aliphatic heterocycles. The van der Waals surface area contributed by atoms with E-state index in [0.717, 1.165) is 40.9 Å². The quantitative estimate of drug-likeness (QED) is 0.273. The maximum absolute atomic E-state index is 13.7. The second-order valence-electron chi connectivity index (χ2n) is 8.97. The number of unbranched alkanes of at least 4 members (excludes halogenated alkanes) is 1. The summed E-state index contributed by atoms with van der Waals surface area (Å²) >= 11 is 0. The van der Waals surface area contributed by atoms with Gasteiger partial charge in [0, 0.05) is 35.8 Å². The third kappa shape index (κ3) is 5.00. The molecule has 0 aliphatic carbocycles. The van der Waals surface area contributed by atoms with Crippen molar-refractivity contribution in [1.82, 2.24) is 44.5 Å². The Morgan fingerprint density at radius 2 is 1.90 bits per heavy atom. The highest BCUT2D eigenvalue weighted by molar-refractivity contribution is 5.92. The van der Waals surface area contributed by atoms with Crippen molar-refractivity contribution in [3.05, 3.63) is 82.4 Å². The first kappa shape index (κ1) is 25.8. The molecule has 39 heavy (non-hydrogen) atoms. The molecule has 5 aromatic rings. The Morgan fingerprint density at radius 3 is 2.56 bits per heavy atom. The van der Waals surface area contributed by atoms with Gasteiger partial charge in [-0.05, 0) is 36.6 Å². The highest BCUT2D eigenvalue weighted by Crippen LogP contribution is 2.29. The summed E-state index contributed by atoms with van der Waals surface area (Å²) in [6.07, 6.45) is 7.62. The van der Waals surface area contributed by atoms with Gasteiger partial charge in [-0.1, -0.05) is 43.7 Å². The molecule has 0 atom stereocenters. The largest absolute Gasteiger partial charge is 0.465 e. The molecule has 0 saturated carbocycles. The zero-order valence-corrected chi connectivity index (χ0v) is 22.0. The van der Waals surface area contributed by atoms with Gasteiger partial charge in [0.15, 0.2) is 5.82 Å². The highest BCUT2D eigenvalue weighted by atomic mass is 16.5. The first-order chi connectivity index (χ1) is 19.0. The fourth-order valence-electron chi connectivity index (χ4n) is 4.57. The topological polar surface area (TPSA) is 138 Å². The van der Waals surface area contributed by atoms with Crippen molar-refractivity contribution in [2.24, 2.45) is 0 Å². The normalized spacial score (nSPS) is 11.2. The molecule has 0 spiro atoms. The number of pyridine rings is 1. The standard InChI is InChI=1S/C27H29N9O3/c1-4-6-9-20-17-35(25-23(26(37)39-3)15-29-36(25)5-2)27(38)34(20)16-19-13-12-18(14-28-19)21-10-7-8-11-22(21)24-30-32-33-31-24/h7-8,10-15,17H,4-6,9,16H2,1-3H3,(H,30,31,32,33). The van der Waals surface area contributed by atoms with Crippen molar-refractivity contribution in [3.63, 3.8) is 0 Å². The number of imidazole rings is 1. The smallest absolute Gasteiger partial charge is 0.343 e. The number of aryl methyl sites for hydroxylation is 2. The Kier molecular flexibility index (Phi) is 7.43. The molecule has 200 valence electrons. The number of carbonyl (C=O) groups excluding carboxylic acids is 1. The molecule has 0 radical (unpaired) electrons. The molecule has 0 amide bonds. The van der Waals surface area contributed by atoms with E-state index in [4.69, 9.17) is 4.74 Å². The molecule has 0 unspecified atom stereocenters. The van der Waals surface area contributed by atoms with E-state index in [-0.39, 0.29) is 17.8 Å². The number of H-pyrrole nitrogens is 1. The van der Waals surface area contributed by atoms with E-state index in [1.807, 2.05) is 43.3 Å². The van der Waals surface area contributed by atoms with Crippen molar-refractivity contribution >= 4 is 5.97 Å². The van der Waals surface area contributed by atoms with Crippen LogP contribution in [0.2, 0.25) is 0 Å². The van der Waals surface area contributed by atoms with Gasteiger partial charge in [0.2, 0.25) is 5.82 Å². The van der Waals surface area contributed by atoms with E-state index in [9.17, 15) is 9.59 Å². The number of aromatic amines is 1. The summed E-state index contributed by atoms with van der Waals surface area (Å²) in [7, 11) is 1.31. The number of rotatable bonds is 10. The van der Waals surface area contributed by atoms with Gasteiger partial charge in [-0.15, -0.1) is 10.2 Å². The summed E-state index contributed by atoms with van der Waals surface area (Å²) < 4.78 is 9.75. The number of nitrogens with one attached hydrogen (secondary N) is 1. The Balaban J connectivity index is 1.51. The van der Waals surface area contributed by atoms with E-state index < -0.39 is 5.97 Å². The summed E-state index contributed by atoms with van der Waals surface area (Å²) in [5.41, 5.74) is 4.21. The summed E-state index contributed by atoms with van der Waals surface area (Å²) in [5.74, 6) is 0.353. The van der Waals surface area contributed by atoms with Gasteiger partial charge in [-0.3, -0.25) is 14.1 Å². The zero-order valence-electron chi connectivity index (χ0n) is 22.0. The van der Waals surface area contributed by atoms with Crippen molar-refractivity contribution in [3.8, 4) is 28.3 Å². The molecule has 4 aromatic heterocycles. The Hall–Kier alpha value is -4.87. The second kappa shape index (κ2) is 11.3. The molecule has 0 bridgehead atoms. The van der Waals surface area contributed by atoms with E-state index in [0.29, 0.717) is 24.6 Å². The maximum atomic E-state index is 13.7. The van der Waals surface area contributed by atoms with Crippen molar-refractivity contribution in [2.75, 3.05) is 7.11 Å². The average molecular weight is 528 g/mol. The second-order valence-corrected chi connectivity index (χ2v) is 8.97. The van der Waals surface area contributed by atoms with Crippen molar-refractivity contribution < 1.29 is 9.53 Å². The molecule has 0 fully saturated rings. The van der Waals surface area contributed by atoms with Gasteiger partial charge >= 0.3 is 11.7 Å². The lowest BCUT2D eigenvalue weighted by atomic mass is 10.0. The SMILES string of the molecule is CCCCc1cn(-c2c(C(=O)OC)cnn2CC)c(=O)n1Cc1ccc(-c2ccccc2-c2nn[nH]n2)cn1. The minimum atomic E-state index is -0.544. The van der Waals surface area contributed by atoms with Crippen LogP contribution in [0.3, 0.4) is 0 Å². The van der Waals surface area contributed by atoms with Crippen LogP contribution in [0.1, 0.15) is 48.4 Å². The van der Waals surface area contributed by atoms with Crippen LogP contribution in [0, 0.1) is 0 Å². The monoisotopic (exact) mass is 527 g/mol. The van der Waals surface area contributed by atoms with Crippen LogP contribution in [0.5, 0.6) is 0 Å². The molecular weight excluding hydrogens is 498 g/mol. The van der Waals surface area contributed by atoms with Crippen molar-refractivity contribution in [2.45, 2.75) is 46.2 Å². The van der Waals surface area contributed by atoms with Crippen molar-refractivity contribution in [1.29, 1.82) is 0 Å². The first-order valence-corrected chi connectivity index (χ1v) is 12.8. The number of methoxy groups -OCH3 is 1. The zero-order chi connectivity index (χ0) is 27.4. The van der Waals surface area contributed by atoms with Gasteiger partial charge in [0.05, 0.1) is 25.5 Å². The number of hydrogen-bond acceptors (Lipinski definition) is 8. The third-order valence-electron chi connectivity index (χ3n) is 6.56. The number of carbonyl (C=O) groups is 1. The number of hydrogen-bond donors (Lipinski definition) is 1. The van der Waals surface area contributed by atoms with Gasteiger partial charge in [-0.25, -0.2) is 14.3 Å². The van der Waals surface area contributed by atoms with Gasteiger partial charge in [0.25, 0.3) is 0 Å². The molecule has 0 saturated heterocycles. The Labute approximate surface area is 224 Å². The average Bonchev–Trinajstić information content (AvgIpc) is 3.72. The van der Waals surface area contributed by atoms with Crippen LogP contribution >= 0.6 is 0 Å². The van der Waals surface area contributed by atoms with Gasteiger partial charge in [-0.2, -0.15) is 10.3 Å². The summed E-state index contributed by atoms with van der Waals surface area (Å²) in [6.45, 7) is 4.78. The molecule has 1 aromatic carbocycles. The molecule has 4 heterocycles. The molecule has 0 aliphatic rings. The highest BCUT2D eigenvalue weighted by Gasteiger charge is 2.23. The Morgan fingerprint density at radius 1 is 1.08 bits per heavy atom. The van der Waals surface area contributed by atoms with Crippen LogP contribution in [0.15, 0.2) is 59.8 Å². The van der Waals surface area contributed by atoms with Gasteiger partial charge < -0.3 is 4.74 Å². The first-order valence-electron chi connectivity index (χ1n) is 12.8. The van der Waals surface area contributed by atoms with Crippen LogP contribution in [0.4, 0.5) is 0 Å². The lowest BCUT2D eigenvalue weighted by Crippen LogP contribution is -2.27. The van der Waals surface area contributed by atoms with E-state index in [1.54, 1.807) is 21.6 Å². The molecule has 12 nitrogen and oxygen atoms in total. The molecule has 12 heteroatoms. The predicted molar refractivity (Wildman–Crippen MR) is 143 cm³/mol. The van der Waals surface area contributed by atoms with Crippen LogP contribution < -0.4 is 5.69 Å². The maximum Gasteiger partial charge on any atom is 0.343 e. The van der Waals surface area contributed by atoms with Gasteiger partial charge in [0.1, 0.15) is 5.56 Å². The lowest BCUT2D eigenvalue weighted by molar-refractivity contribution is 0.0600. The van der Waals surface area contributed by atoms with E-state index in [1.165, 1.54) is 17.9 Å². The number of tetrazole rings is 1. The number of aromatic nitrogens is 9. The minimum absolute atomic E-state index is 0.239. The van der Waals surface area contributed by atoms with Crippen LogP contribution in [-0.2, 0) is 24.2 Å². The number of ether oxygens (including phenoxy) is 1. The summed E-state index contributed by atoms with van der Waals surface area (Å²) in [5, 5.41) is 18.7. The molecule has 5 rings (SSSR count). The molecular formula is C27H29N9O3. The fourth-order valence-corrected chi connectivity index (χ4v) is 4.57. The Bertz CT molecular complexity index is 1630. The van der Waals surface area contributed by atoms with E-state index in [2.05, 4.69) is 37.6 Å². The number of esters is 1. The third-order valence-corrected chi connectivity index (χ3v) is 6.56. The predicted octanol–water partition coefficient (Wildman–Crippen LogP) is 3.28. The fraction of sp³-hybridized carbons (Fsp3) is 0.296. The minimum Gasteiger partial charge on any atom is -0.465 e. The van der Waals surface area contributed by atoms with E-state index >= 15 is 0 Å². The van der Waals surface area contributed by atoms with Crippen LogP contribution in [-0.4, -0.2) is 57.6 Å². The lowest BCUT2D eigenvalue weighted by Gasteiger charge is -2.09. The van der Waals surface area contributed by atoms with Crippen LogP contribution in [0.25, 0.3) is 28.3 Å². The summed E-state index contributed by atoms with van der Waals surface area (Å²) in [4.78, 5) is 30.8. The summed E-state index contributed by atoms with van der Waals surface area (Å²) in [6, 6.07) is 11.6. The number of nitrogens with zero attached hydrogens (tertiary/aromatic N) is 8. The molecule has 1 N–H and O–H groups in total. The number of benzene rings is 1.